The second-order valence-electron chi connectivity index (χ2n) is 7.74. The van der Waals surface area contributed by atoms with Crippen molar-refractivity contribution in [1.82, 2.24) is 9.55 Å². The molecule has 0 atom stereocenters. The molecule has 0 aliphatic heterocycles. The van der Waals surface area contributed by atoms with Gasteiger partial charge in [0, 0.05) is 39.9 Å². The SMILES string of the molecule is CCc1ccc2c(c1)c(-c1ccc(C)[nH]c1=O)c(C(=O)O)n2Cc1cc([N+](=O)[O-])ccc1F. The number of aromatic nitrogens is 2. The number of H-pyrrole nitrogens is 1. The smallest absolute Gasteiger partial charge is 0.353 e. The van der Waals surface area contributed by atoms with Crippen LogP contribution in [0, 0.1) is 22.9 Å². The molecule has 0 aliphatic carbocycles. The summed E-state index contributed by atoms with van der Waals surface area (Å²) >= 11 is 0. The minimum atomic E-state index is -1.30. The summed E-state index contributed by atoms with van der Waals surface area (Å²) in [6, 6.07) is 11.7. The van der Waals surface area contributed by atoms with E-state index in [2.05, 4.69) is 4.98 Å². The molecule has 168 valence electrons. The van der Waals surface area contributed by atoms with Crippen LogP contribution >= 0.6 is 0 Å². The highest BCUT2D eigenvalue weighted by Crippen LogP contribution is 2.35. The number of nitro groups is 1. The van der Waals surface area contributed by atoms with Crippen LogP contribution in [0.5, 0.6) is 0 Å². The lowest BCUT2D eigenvalue weighted by atomic mass is 10.0. The van der Waals surface area contributed by atoms with E-state index in [4.69, 9.17) is 0 Å². The zero-order valence-corrected chi connectivity index (χ0v) is 17.9. The summed E-state index contributed by atoms with van der Waals surface area (Å²) in [4.78, 5) is 38.4. The number of halogens is 1. The molecule has 0 radical (unpaired) electrons. The number of pyridine rings is 1. The van der Waals surface area contributed by atoms with E-state index in [0.29, 0.717) is 23.0 Å². The molecule has 0 aliphatic rings. The summed E-state index contributed by atoms with van der Waals surface area (Å²) in [7, 11) is 0. The third kappa shape index (κ3) is 3.89. The van der Waals surface area contributed by atoms with Gasteiger partial charge in [-0.15, -0.1) is 0 Å². The van der Waals surface area contributed by atoms with Crippen LogP contribution in [0.25, 0.3) is 22.0 Å². The van der Waals surface area contributed by atoms with E-state index >= 15 is 0 Å². The number of aryl methyl sites for hydroxylation is 2. The van der Waals surface area contributed by atoms with E-state index in [1.54, 1.807) is 25.1 Å². The monoisotopic (exact) mass is 449 g/mol. The Balaban J connectivity index is 2.06. The number of aromatic carboxylic acids is 1. The van der Waals surface area contributed by atoms with Gasteiger partial charge in [-0.25, -0.2) is 9.18 Å². The Kier molecular flexibility index (Phi) is 5.55. The molecule has 0 spiro atoms. The van der Waals surface area contributed by atoms with Crippen LogP contribution in [0.1, 0.15) is 34.2 Å². The molecule has 0 fully saturated rings. The Morgan fingerprint density at radius 2 is 1.94 bits per heavy atom. The minimum absolute atomic E-state index is 0.0347. The van der Waals surface area contributed by atoms with E-state index < -0.39 is 22.3 Å². The molecule has 8 nitrogen and oxygen atoms in total. The highest BCUT2D eigenvalue weighted by atomic mass is 19.1. The standard InChI is InChI=1S/C24H20FN3O5/c1-3-14-5-9-20-18(10-14)21(17-7-4-13(2)26-23(17)29)22(24(30)31)27(20)12-15-11-16(28(32)33)6-8-19(15)25/h4-11H,3,12H2,1-2H3,(H,26,29)(H,30,31). The molecule has 2 aromatic carbocycles. The minimum Gasteiger partial charge on any atom is -0.477 e. The molecule has 0 unspecified atom stereocenters. The molecule has 4 rings (SSSR count). The molecular weight excluding hydrogens is 429 g/mol. The number of carbonyl (C=O) groups is 1. The van der Waals surface area contributed by atoms with Crippen molar-refractivity contribution in [3.05, 3.63) is 97.3 Å². The van der Waals surface area contributed by atoms with Gasteiger partial charge in [0.1, 0.15) is 11.5 Å². The van der Waals surface area contributed by atoms with Crippen molar-refractivity contribution in [3.8, 4) is 11.1 Å². The summed E-state index contributed by atoms with van der Waals surface area (Å²) in [5, 5.41) is 21.8. The molecule has 2 N–H and O–H groups in total. The van der Waals surface area contributed by atoms with Crippen molar-refractivity contribution in [2.24, 2.45) is 0 Å². The first-order valence-corrected chi connectivity index (χ1v) is 10.2. The molecule has 0 bridgehead atoms. The number of benzene rings is 2. The molecular formula is C24H20FN3O5. The molecule has 0 saturated carbocycles. The van der Waals surface area contributed by atoms with E-state index in [1.165, 1.54) is 4.57 Å². The maximum atomic E-state index is 14.6. The van der Waals surface area contributed by atoms with Gasteiger partial charge in [0.2, 0.25) is 0 Å². The number of carboxylic acid groups (broad SMARTS) is 1. The zero-order chi connectivity index (χ0) is 23.9. The Morgan fingerprint density at radius 3 is 2.58 bits per heavy atom. The van der Waals surface area contributed by atoms with Crippen molar-refractivity contribution in [2.75, 3.05) is 0 Å². The molecule has 4 aromatic rings. The third-order valence-electron chi connectivity index (χ3n) is 5.63. The van der Waals surface area contributed by atoms with Gasteiger partial charge < -0.3 is 14.7 Å². The van der Waals surface area contributed by atoms with Crippen molar-refractivity contribution in [1.29, 1.82) is 0 Å². The lowest BCUT2D eigenvalue weighted by Crippen LogP contribution is -2.14. The molecule has 33 heavy (non-hydrogen) atoms. The third-order valence-corrected chi connectivity index (χ3v) is 5.63. The molecule has 9 heteroatoms. The van der Waals surface area contributed by atoms with Gasteiger partial charge in [-0.1, -0.05) is 13.0 Å². The molecule has 0 amide bonds. The highest BCUT2D eigenvalue weighted by molar-refractivity contribution is 6.08. The van der Waals surface area contributed by atoms with Crippen molar-refractivity contribution in [2.45, 2.75) is 26.8 Å². The van der Waals surface area contributed by atoms with Gasteiger partial charge in [0.05, 0.1) is 17.0 Å². The highest BCUT2D eigenvalue weighted by Gasteiger charge is 2.26. The van der Waals surface area contributed by atoms with Crippen LogP contribution in [0.2, 0.25) is 0 Å². The normalized spacial score (nSPS) is 11.1. The number of nitro benzene ring substituents is 1. The van der Waals surface area contributed by atoms with Gasteiger partial charge >= 0.3 is 5.97 Å². The average molecular weight is 449 g/mol. The number of hydrogen-bond donors (Lipinski definition) is 2. The summed E-state index contributed by atoms with van der Waals surface area (Å²) < 4.78 is 16.0. The number of aromatic amines is 1. The fourth-order valence-corrected chi connectivity index (χ4v) is 4.02. The zero-order valence-electron chi connectivity index (χ0n) is 17.9. The number of nitrogens with zero attached hydrogens (tertiary/aromatic N) is 2. The van der Waals surface area contributed by atoms with E-state index in [1.807, 2.05) is 19.1 Å². The Bertz CT molecular complexity index is 1490. The maximum absolute atomic E-state index is 14.6. The van der Waals surface area contributed by atoms with Gasteiger partial charge in [-0.3, -0.25) is 14.9 Å². The second kappa shape index (κ2) is 8.34. The molecule has 0 saturated heterocycles. The first kappa shape index (κ1) is 21.9. The summed E-state index contributed by atoms with van der Waals surface area (Å²) in [6.45, 7) is 3.40. The maximum Gasteiger partial charge on any atom is 0.353 e. The topological polar surface area (TPSA) is 118 Å². The van der Waals surface area contributed by atoms with Crippen molar-refractivity contribution in [3.63, 3.8) is 0 Å². The summed E-state index contributed by atoms with van der Waals surface area (Å²) in [6.07, 6.45) is 0.687. The fraction of sp³-hybridized carbons (Fsp3) is 0.167. The fourth-order valence-electron chi connectivity index (χ4n) is 4.02. The first-order chi connectivity index (χ1) is 15.7. The average Bonchev–Trinajstić information content (AvgIpc) is 3.08. The van der Waals surface area contributed by atoms with Gasteiger partial charge in [0.25, 0.3) is 11.2 Å². The van der Waals surface area contributed by atoms with Crippen LogP contribution in [0.15, 0.2) is 53.3 Å². The molecule has 2 aromatic heterocycles. The number of carboxylic acids is 1. The lowest BCUT2D eigenvalue weighted by molar-refractivity contribution is -0.385. The van der Waals surface area contributed by atoms with Crippen LogP contribution in [0.3, 0.4) is 0 Å². The first-order valence-electron chi connectivity index (χ1n) is 10.2. The van der Waals surface area contributed by atoms with Gasteiger partial charge in [0.15, 0.2) is 0 Å². The van der Waals surface area contributed by atoms with Crippen molar-refractivity contribution < 1.29 is 19.2 Å². The van der Waals surface area contributed by atoms with Gasteiger partial charge in [-0.05, 0) is 49.2 Å². The number of non-ortho nitro benzene ring substituents is 1. The lowest BCUT2D eigenvalue weighted by Gasteiger charge is -2.10. The number of rotatable bonds is 6. The number of hydrogen-bond acceptors (Lipinski definition) is 4. The van der Waals surface area contributed by atoms with E-state index in [0.717, 1.165) is 23.8 Å². The van der Waals surface area contributed by atoms with Crippen LogP contribution in [0.4, 0.5) is 10.1 Å². The number of fused-ring (bicyclic) bond motifs is 1. The van der Waals surface area contributed by atoms with Gasteiger partial charge in [-0.2, -0.15) is 0 Å². The predicted octanol–water partition coefficient (Wildman–Crippen LogP) is 4.66. The van der Waals surface area contributed by atoms with E-state index in [9.17, 15) is 29.2 Å². The Labute approximate surface area is 187 Å². The largest absolute Gasteiger partial charge is 0.477 e. The summed E-state index contributed by atoms with van der Waals surface area (Å²) in [5.74, 6) is -2.00. The van der Waals surface area contributed by atoms with Crippen LogP contribution in [-0.2, 0) is 13.0 Å². The Hall–Kier alpha value is -4.27. The van der Waals surface area contributed by atoms with Crippen molar-refractivity contribution >= 4 is 22.6 Å². The quantitative estimate of drug-likeness (QED) is 0.328. The van der Waals surface area contributed by atoms with E-state index in [-0.39, 0.29) is 34.6 Å². The molecule has 2 heterocycles. The Morgan fingerprint density at radius 1 is 1.18 bits per heavy atom. The predicted molar refractivity (Wildman–Crippen MR) is 121 cm³/mol. The summed E-state index contributed by atoms with van der Waals surface area (Å²) in [5.41, 5.74) is 1.45. The number of nitrogens with one attached hydrogen (secondary N) is 1. The second-order valence-corrected chi connectivity index (χ2v) is 7.74. The van der Waals surface area contributed by atoms with Crippen LogP contribution in [-0.4, -0.2) is 25.6 Å². The van der Waals surface area contributed by atoms with Crippen LogP contribution < -0.4 is 5.56 Å².